The Kier molecular flexibility index (Phi) is 5.65. The van der Waals surface area contributed by atoms with E-state index < -0.39 is 5.92 Å². The summed E-state index contributed by atoms with van der Waals surface area (Å²) in [5, 5.41) is 9.86. The Balaban J connectivity index is 1.92. The molecule has 3 aromatic rings. The Morgan fingerprint density at radius 1 is 1.25 bits per heavy atom. The van der Waals surface area contributed by atoms with Gasteiger partial charge in [-0.25, -0.2) is 0 Å². The highest BCUT2D eigenvalue weighted by atomic mass is 16.5. The van der Waals surface area contributed by atoms with Crippen molar-refractivity contribution < 1.29 is 18.6 Å². The molecule has 0 spiro atoms. The van der Waals surface area contributed by atoms with Gasteiger partial charge in [-0.15, -0.1) is 0 Å². The van der Waals surface area contributed by atoms with E-state index in [-0.39, 0.29) is 23.6 Å². The first kappa shape index (κ1) is 21.1. The zero-order chi connectivity index (χ0) is 22.8. The predicted molar refractivity (Wildman–Crippen MR) is 117 cm³/mol. The molecule has 2 N–H and O–H groups in total. The number of pyridine rings is 1. The number of aryl methyl sites for hydroxylation is 1. The standard InChI is InChI=1S/C24H23N3O5/c1-4-30-18-8-7-15(11-19(18)29-3)21-17(12-25)23(26)32-20-10-14(2)27(24(28)22(20)21)13-16-6-5-9-31-16/h5-11,21H,4,13,26H2,1-3H3/t21-/m0/s1. The maximum atomic E-state index is 13.6. The SMILES string of the molecule is CCOc1ccc([C@H]2C(C#N)=C(N)Oc3cc(C)n(Cc4ccco4)c(=O)c32)cc1OC. The van der Waals surface area contributed by atoms with Crippen LogP contribution in [0.25, 0.3) is 0 Å². The summed E-state index contributed by atoms with van der Waals surface area (Å²) in [7, 11) is 1.54. The van der Waals surface area contributed by atoms with Crippen molar-refractivity contribution in [3.05, 3.63) is 87.1 Å². The molecule has 8 heteroatoms. The molecular formula is C24H23N3O5. The molecule has 1 aliphatic heterocycles. The molecule has 8 nitrogen and oxygen atoms in total. The number of aromatic nitrogens is 1. The van der Waals surface area contributed by atoms with Gasteiger partial charge in [0.15, 0.2) is 11.5 Å². The van der Waals surface area contributed by atoms with Crippen LogP contribution >= 0.6 is 0 Å². The van der Waals surface area contributed by atoms with Crippen LogP contribution in [0.1, 0.15) is 35.4 Å². The topological polar surface area (TPSA) is 113 Å². The van der Waals surface area contributed by atoms with Crippen molar-refractivity contribution in [1.29, 1.82) is 5.26 Å². The van der Waals surface area contributed by atoms with E-state index in [1.54, 1.807) is 47.2 Å². The molecule has 3 heterocycles. The fourth-order valence-corrected chi connectivity index (χ4v) is 3.91. The lowest BCUT2D eigenvalue weighted by Crippen LogP contribution is -2.33. The minimum absolute atomic E-state index is 0.0274. The molecular weight excluding hydrogens is 410 g/mol. The van der Waals surface area contributed by atoms with Crippen LogP contribution < -0.4 is 25.5 Å². The van der Waals surface area contributed by atoms with Crippen LogP contribution in [-0.4, -0.2) is 18.3 Å². The first-order valence-corrected chi connectivity index (χ1v) is 10.1. The van der Waals surface area contributed by atoms with Gasteiger partial charge in [0.25, 0.3) is 5.56 Å². The lowest BCUT2D eigenvalue weighted by molar-refractivity contribution is 0.310. The predicted octanol–water partition coefficient (Wildman–Crippen LogP) is 3.42. The van der Waals surface area contributed by atoms with Gasteiger partial charge in [0, 0.05) is 11.8 Å². The number of ether oxygens (including phenoxy) is 3. The van der Waals surface area contributed by atoms with Gasteiger partial charge in [-0.05, 0) is 43.7 Å². The van der Waals surface area contributed by atoms with Crippen LogP contribution in [0.2, 0.25) is 0 Å². The number of allylic oxidation sites excluding steroid dienone is 1. The van der Waals surface area contributed by atoms with E-state index in [1.807, 2.05) is 13.8 Å². The highest BCUT2D eigenvalue weighted by molar-refractivity contribution is 5.57. The smallest absolute Gasteiger partial charge is 0.259 e. The first-order valence-electron chi connectivity index (χ1n) is 10.1. The second-order valence-electron chi connectivity index (χ2n) is 7.30. The fourth-order valence-electron chi connectivity index (χ4n) is 3.91. The molecule has 0 bridgehead atoms. The van der Waals surface area contributed by atoms with E-state index in [0.29, 0.717) is 46.4 Å². The summed E-state index contributed by atoms with van der Waals surface area (Å²) >= 11 is 0. The molecule has 0 fully saturated rings. The third-order valence-corrected chi connectivity index (χ3v) is 5.40. The lowest BCUT2D eigenvalue weighted by atomic mass is 9.84. The van der Waals surface area contributed by atoms with E-state index in [1.165, 1.54) is 7.11 Å². The van der Waals surface area contributed by atoms with Gasteiger partial charge in [0.2, 0.25) is 5.88 Å². The van der Waals surface area contributed by atoms with Gasteiger partial charge in [0.05, 0.1) is 38.0 Å². The second kappa shape index (κ2) is 8.55. The average Bonchev–Trinajstić information content (AvgIpc) is 3.29. The summed E-state index contributed by atoms with van der Waals surface area (Å²) < 4.78 is 23.8. The zero-order valence-corrected chi connectivity index (χ0v) is 18.0. The van der Waals surface area contributed by atoms with Crippen LogP contribution in [0, 0.1) is 18.3 Å². The van der Waals surface area contributed by atoms with Crippen LogP contribution in [-0.2, 0) is 6.54 Å². The molecule has 0 amide bonds. The molecule has 4 rings (SSSR count). The van der Waals surface area contributed by atoms with Crippen LogP contribution in [0.15, 0.2) is 63.3 Å². The van der Waals surface area contributed by atoms with Crippen LogP contribution in [0.4, 0.5) is 0 Å². The average molecular weight is 433 g/mol. The first-order chi connectivity index (χ1) is 15.5. The van der Waals surface area contributed by atoms with Crippen molar-refractivity contribution in [2.75, 3.05) is 13.7 Å². The molecule has 32 heavy (non-hydrogen) atoms. The maximum Gasteiger partial charge on any atom is 0.259 e. The number of furan rings is 1. The Bertz CT molecular complexity index is 1280. The Morgan fingerprint density at radius 3 is 2.72 bits per heavy atom. The van der Waals surface area contributed by atoms with Gasteiger partial charge < -0.3 is 28.9 Å². The summed E-state index contributed by atoms with van der Waals surface area (Å²) in [6, 6.07) is 12.7. The number of methoxy groups -OCH3 is 1. The zero-order valence-electron chi connectivity index (χ0n) is 18.0. The van der Waals surface area contributed by atoms with E-state index in [4.69, 9.17) is 24.4 Å². The molecule has 2 aromatic heterocycles. The van der Waals surface area contributed by atoms with E-state index >= 15 is 0 Å². The molecule has 1 aromatic carbocycles. The molecule has 0 unspecified atom stereocenters. The van der Waals surface area contributed by atoms with Crippen molar-refractivity contribution in [2.24, 2.45) is 5.73 Å². The molecule has 0 radical (unpaired) electrons. The minimum atomic E-state index is -0.718. The quantitative estimate of drug-likeness (QED) is 0.634. The lowest BCUT2D eigenvalue weighted by Gasteiger charge is -2.27. The number of nitriles is 1. The Labute approximate surface area is 185 Å². The molecule has 0 saturated heterocycles. The van der Waals surface area contributed by atoms with Crippen LogP contribution in [0.5, 0.6) is 17.2 Å². The number of nitrogens with zero attached hydrogens (tertiary/aromatic N) is 2. The van der Waals surface area contributed by atoms with Crippen molar-refractivity contribution in [3.63, 3.8) is 0 Å². The molecule has 164 valence electrons. The number of hydrogen-bond acceptors (Lipinski definition) is 7. The van der Waals surface area contributed by atoms with Crippen LogP contribution in [0.3, 0.4) is 0 Å². The number of benzene rings is 1. The second-order valence-corrected chi connectivity index (χ2v) is 7.30. The van der Waals surface area contributed by atoms with Crippen molar-refractivity contribution in [2.45, 2.75) is 26.3 Å². The number of fused-ring (bicyclic) bond motifs is 1. The molecule has 1 atom stereocenters. The van der Waals surface area contributed by atoms with E-state index in [2.05, 4.69) is 6.07 Å². The highest BCUT2D eigenvalue weighted by Gasteiger charge is 2.35. The highest BCUT2D eigenvalue weighted by Crippen LogP contribution is 2.42. The van der Waals surface area contributed by atoms with Gasteiger partial charge in [0.1, 0.15) is 23.2 Å². The van der Waals surface area contributed by atoms with Crippen molar-refractivity contribution >= 4 is 0 Å². The molecule has 0 aliphatic carbocycles. The fraction of sp³-hybridized carbons (Fsp3) is 0.250. The largest absolute Gasteiger partial charge is 0.493 e. The van der Waals surface area contributed by atoms with Gasteiger partial charge in [-0.2, -0.15) is 5.26 Å². The Morgan fingerprint density at radius 2 is 2.06 bits per heavy atom. The molecule has 0 saturated carbocycles. The molecule has 1 aliphatic rings. The monoisotopic (exact) mass is 433 g/mol. The van der Waals surface area contributed by atoms with E-state index in [9.17, 15) is 10.1 Å². The van der Waals surface area contributed by atoms with Crippen molar-refractivity contribution in [1.82, 2.24) is 4.57 Å². The summed E-state index contributed by atoms with van der Waals surface area (Å²) in [4.78, 5) is 13.6. The van der Waals surface area contributed by atoms with Gasteiger partial charge in [-0.3, -0.25) is 4.79 Å². The summed E-state index contributed by atoms with van der Waals surface area (Å²) in [5.41, 5.74) is 7.64. The van der Waals surface area contributed by atoms with E-state index in [0.717, 1.165) is 0 Å². The number of hydrogen-bond donors (Lipinski definition) is 1. The summed E-state index contributed by atoms with van der Waals surface area (Å²) in [5.74, 6) is 1.29. The third kappa shape index (κ3) is 3.58. The normalized spacial score (nSPS) is 15.0. The number of nitrogens with two attached hydrogens (primary N) is 1. The van der Waals surface area contributed by atoms with Gasteiger partial charge >= 0.3 is 0 Å². The number of rotatable bonds is 6. The third-order valence-electron chi connectivity index (χ3n) is 5.40. The van der Waals surface area contributed by atoms with Crippen molar-refractivity contribution in [3.8, 4) is 23.3 Å². The summed E-state index contributed by atoms with van der Waals surface area (Å²) in [6.07, 6.45) is 1.56. The minimum Gasteiger partial charge on any atom is -0.493 e. The summed E-state index contributed by atoms with van der Waals surface area (Å²) in [6.45, 7) is 4.42. The van der Waals surface area contributed by atoms with Gasteiger partial charge in [-0.1, -0.05) is 6.07 Å². The maximum absolute atomic E-state index is 13.6. The Hall–Kier alpha value is -4.12.